The second kappa shape index (κ2) is 11.7. The lowest BCUT2D eigenvalue weighted by atomic mass is 9.95. The average molecular weight is 551 g/mol. The highest BCUT2D eigenvalue weighted by molar-refractivity contribution is 7.17. The smallest absolute Gasteiger partial charge is 0.258 e. The lowest BCUT2D eigenvalue weighted by Crippen LogP contribution is -2.19. The van der Waals surface area contributed by atoms with Gasteiger partial charge in [0, 0.05) is 40.6 Å². The van der Waals surface area contributed by atoms with Crippen molar-refractivity contribution in [2.75, 3.05) is 10.6 Å². The summed E-state index contributed by atoms with van der Waals surface area (Å²) in [5.74, 6) is -0.355. The third kappa shape index (κ3) is 6.32. The Morgan fingerprint density at radius 3 is 2.52 bits per heavy atom. The standard InChI is InChI=1S/C33H34N4O2S/c1-21-17-23(15-16-34-21)18-22-9-11-27(12-10-22)36-32(39)30-28-7-2-3-8-29(28)40-33(30)37-31(38)25-6-4-5-24(19-25)20-35-26-13-14-26/h4-6,9-12,15-17,19,26,35H,2-3,7-8,13-14,18,20H2,1H3,(H,36,39)(H,37,38). The predicted octanol–water partition coefficient (Wildman–Crippen LogP) is 6.68. The van der Waals surface area contributed by atoms with E-state index in [-0.39, 0.29) is 11.8 Å². The quantitative estimate of drug-likeness (QED) is 0.217. The largest absolute Gasteiger partial charge is 0.322 e. The molecule has 0 unspecified atom stereocenters. The van der Waals surface area contributed by atoms with Crippen molar-refractivity contribution in [2.24, 2.45) is 0 Å². The maximum atomic E-state index is 13.6. The van der Waals surface area contributed by atoms with E-state index in [1.54, 1.807) is 11.3 Å². The van der Waals surface area contributed by atoms with Gasteiger partial charge in [0.05, 0.1) is 5.56 Å². The van der Waals surface area contributed by atoms with E-state index in [1.807, 2.05) is 67.7 Å². The molecule has 40 heavy (non-hydrogen) atoms. The molecular formula is C33H34N4O2S. The Hall–Kier alpha value is -3.81. The van der Waals surface area contributed by atoms with Gasteiger partial charge in [-0.2, -0.15) is 0 Å². The molecule has 2 aliphatic carbocycles. The first kappa shape index (κ1) is 26.4. The summed E-state index contributed by atoms with van der Waals surface area (Å²) in [5, 5.41) is 10.3. The number of benzene rings is 2. The Morgan fingerprint density at radius 2 is 1.73 bits per heavy atom. The van der Waals surface area contributed by atoms with E-state index in [2.05, 4.69) is 27.0 Å². The molecule has 1 fully saturated rings. The lowest BCUT2D eigenvalue weighted by Gasteiger charge is -2.14. The molecule has 1 saturated carbocycles. The Morgan fingerprint density at radius 1 is 0.900 bits per heavy atom. The number of aromatic nitrogens is 1. The SMILES string of the molecule is Cc1cc(Cc2ccc(NC(=O)c3c(NC(=O)c4cccc(CNC5CC5)c4)sc4c3CCCC4)cc2)ccn1. The van der Waals surface area contributed by atoms with E-state index in [9.17, 15) is 9.59 Å². The van der Waals surface area contributed by atoms with Gasteiger partial charge in [0.2, 0.25) is 0 Å². The monoisotopic (exact) mass is 550 g/mol. The van der Waals surface area contributed by atoms with Gasteiger partial charge in [0.25, 0.3) is 11.8 Å². The number of hydrogen-bond acceptors (Lipinski definition) is 5. The van der Waals surface area contributed by atoms with Gasteiger partial charge >= 0.3 is 0 Å². The van der Waals surface area contributed by atoms with Crippen molar-refractivity contribution < 1.29 is 9.59 Å². The van der Waals surface area contributed by atoms with E-state index >= 15 is 0 Å². The van der Waals surface area contributed by atoms with E-state index in [1.165, 1.54) is 28.8 Å². The Balaban J connectivity index is 1.18. The summed E-state index contributed by atoms with van der Waals surface area (Å²) in [6, 6.07) is 20.4. The molecule has 6 rings (SSSR count). The molecule has 0 atom stereocenters. The van der Waals surface area contributed by atoms with Crippen LogP contribution in [0.3, 0.4) is 0 Å². The van der Waals surface area contributed by atoms with Crippen LogP contribution in [0.25, 0.3) is 0 Å². The molecule has 2 amide bonds. The number of anilines is 2. The van der Waals surface area contributed by atoms with Crippen LogP contribution in [0.2, 0.25) is 0 Å². The minimum atomic E-state index is -0.184. The minimum absolute atomic E-state index is 0.172. The maximum Gasteiger partial charge on any atom is 0.258 e. The van der Waals surface area contributed by atoms with Crippen molar-refractivity contribution in [1.29, 1.82) is 0 Å². The topological polar surface area (TPSA) is 83.1 Å². The van der Waals surface area contributed by atoms with Gasteiger partial charge in [-0.15, -0.1) is 11.3 Å². The molecule has 0 saturated heterocycles. The average Bonchev–Trinajstić information content (AvgIpc) is 3.72. The Bertz CT molecular complexity index is 1540. The minimum Gasteiger partial charge on any atom is -0.322 e. The Kier molecular flexibility index (Phi) is 7.75. The summed E-state index contributed by atoms with van der Waals surface area (Å²) < 4.78 is 0. The highest BCUT2D eigenvalue weighted by atomic mass is 32.1. The van der Waals surface area contributed by atoms with Crippen LogP contribution in [0.5, 0.6) is 0 Å². The number of amides is 2. The van der Waals surface area contributed by atoms with Crippen molar-refractivity contribution >= 4 is 33.8 Å². The Labute approximate surface area is 239 Å². The molecule has 3 N–H and O–H groups in total. The molecule has 204 valence electrons. The van der Waals surface area contributed by atoms with Crippen LogP contribution in [0.1, 0.15) is 79.2 Å². The summed E-state index contributed by atoms with van der Waals surface area (Å²) in [6.45, 7) is 2.75. The second-order valence-corrected chi connectivity index (χ2v) is 12.0. The van der Waals surface area contributed by atoms with Gasteiger partial charge in [0.15, 0.2) is 0 Å². The molecule has 2 aliphatic rings. The number of aryl methyl sites for hydroxylation is 2. The van der Waals surface area contributed by atoms with Crippen LogP contribution in [0.4, 0.5) is 10.7 Å². The van der Waals surface area contributed by atoms with Crippen molar-refractivity contribution in [2.45, 2.75) is 64.5 Å². The van der Waals surface area contributed by atoms with Gasteiger partial charge in [0.1, 0.15) is 5.00 Å². The molecule has 2 aromatic heterocycles. The van der Waals surface area contributed by atoms with E-state index in [0.717, 1.165) is 61.2 Å². The number of carbonyl (C=O) groups is 2. The number of nitrogens with one attached hydrogen (secondary N) is 3. The highest BCUT2D eigenvalue weighted by Gasteiger charge is 2.27. The fraction of sp³-hybridized carbons (Fsp3) is 0.303. The number of hydrogen-bond donors (Lipinski definition) is 3. The van der Waals surface area contributed by atoms with E-state index in [0.29, 0.717) is 22.2 Å². The molecule has 6 nitrogen and oxygen atoms in total. The number of carbonyl (C=O) groups excluding carboxylic acids is 2. The number of pyridine rings is 1. The number of nitrogens with zero attached hydrogens (tertiary/aromatic N) is 1. The first-order chi connectivity index (χ1) is 19.5. The molecule has 0 bridgehead atoms. The van der Waals surface area contributed by atoms with E-state index < -0.39 is 0 Å². The van der Waals surface area contributed by atoms with Gasteiger partial charge in [-0.1, -0.05) is 24.3 Å². The lowest BCUT2D eigenvalue weighted by molar-refractivity contribution is 0.102. The maximum absolute atomic E-state index is 13.6. The van der Waals surface area contributed by atoms with Crippen molar-refractivity contribution in [3.05, 3.63) is 111 Å². The van der Waals surface area contributed by atoms with Crippen molar-refractivity contribution in [3.8, 4) is 0 Å². The third-order valence-corrected chi connectivity index (χ3v) is 8.78. The number of rotatable bonds is 9. The molecule has 0 radical (unpaired) electrons. The van der Waals surface area contributed by atoms with Crippen molar-refractivity contribution in [1.82, 2.24) is 10.3 Å². The summed E-state index contributed by atoms with van der Waals surface area (Å²) in [5.41, 5.74) is 7.49. The van der Waals surface area contributed by atoms with Crippen LogP contribution < -0.4 is 16.0 Å². The predicted molar refractivity (Wildman–Crippen MR) is 161 cm³/mol. The zero-order chi connectivity index (χ0) is 27.5. The summed E-state index contributed by atoms with van der Waals surface area (Å²) in [4.78, 5) is 32.4. The molecule has 0 aliphatic heterocycles. The second-order valence-electron chi connectivity index (χ2n) is 10.9. The highest BCUT2D eigenvalue weighted by Crippen LogP contribution is 2.39. The van der Waals surface area contributed by atoms with Gasteiger partial charge in [-0.05, 0) is 111 Å². The van der Waals surface area contributed by atoms with Crippen LogP contribution in [-0.2, 0) is 25.8 Å². The first-order valence-corrected chi connectivity index (χ1v) is 14.9. The van der Waals surface area contributed by atoms with Crippen molar-refractivity contribution in [3.63, 3.8) is 0 Å². The summed E-state index contributed by atoms with van der Waals surface area (Å²) in [7, 11) is 0. The molecule has 2 heterocycles. The molecule has 0 spiro atoms. The zero-order valence-corrected chi connectivity index (χ0v) is 23.6. The molecule has 2 aromatic carbocycles. The van der Waals surface area contributed by atoms with Crippen LogP contribution in [-0.4, -0.2) is 22.8 Å². The molecular weight excluding hydrogens is 516 g/mol. The zero-order valence-electron chi connectivity index (χ0n) is 22.8. The number of thiophene rings is 1. The third-order valence-electron chi connectivity index (χ3n) is 7.57. The normalized spacial score (nSPS) is 14.4. The van der Waals surface area contributed by atoms with Gasteiger partial charge in [-0.25, -0.2) is 0 Å². The first-order valence-electron chi connectivity index (χ1n) is 14.1. The summed E-state index contributed by atoms with van der Waals surface area (Å²) in [6.07, 6.45) is 9.06. The number of fused-ring (bicyclic) bond motifs is 1. The van der Waals surface area contributed by atoms with Gasteiger partial charge in [-0.3, -0.25) is 14.6 Å². The van der Waals surface area contributed by atoms with Crippen LogP contribution in [0, 0.1) is 6.92 Å². The van der Waals surface area contributed by atoms with Gasteiger partial charge < -0.3 is 16.0 Å². The van der Waals surface area contributed by atoms with Crippen LogP contribution >= 0.6 is 11.3 Å². The molecule has 4 aromatic rings. The van der Waals surface area contributed by atoms with Crippen LogP contribution in [0.15, 0.2) is 66.9 Å². The fourth-order valence-corrected chi connectivity index (χ4v) is 6.57. The van der Waals surface area contributed by atoms with E-state index in [4.69, 9.17) is 0 Å². The fourth-order valence-electron chi connectivity index (χ4n) is 5.29. The summed E-state index contributed by atoms with van der Waals surface area (Å²) >= 11 is 1.55. The molecule has 7 heteroatoms.